The molecule has 3 amide bonds. The first-order valence-corrected chi connectivity index (χ1v) is 13.3. The van der Waals surface area contributed by atoms with Crippen molar-refractivity contribution in [2.24, 2.45) is 11.7 Å². The van der Waals surface area contributed by atoms with Gasteiger partial charge in [0.2, 0.25) is 11.8 Å². The lowest BCUT2D eigenvalue weighted by Crippen LogP contribution is -2.48. The molecule has 0 aliphatic carbocycles. The van der Waals surface area contributed by atoms with Crippen LogP contribution in [0.3, 0.4) is 0 Å². The van der Waals surface area contributed by atoms with Crippen LogP contribution in [-0.2, 0) is 16.1 Å². The number of unbranched alkanes of at least 4 members (excludes halogenated alkanes) is 10. The van der Waals surface area contributed by atoms with E-state index in [0.29, 0.717) is 18.5 Å². The van der Waals surface area contributed by atoms with E-state index in [1.54, 1.807) is 12.1 Å². The van der Waals surface area contributed by atoms with Gasteiger partial charge in [0.15, 0.2) is 0 Å². The van der Waals surface area contributed by atoms with Crippen LogP contribution in [0.15, 0.2) is 24.3 Å². The Morgan fingerprint density at radius 3 is 1.85 bits per heavy atom. The molecule has 0 aliphatic heterocycles. The van der Waals surface area contributed by atoms with Gasteiger partial charge in [-0.1, -0.05) is 104 Å². The summed E-state index contributed by atoms with van der Waals surface area (Å²) in [5.74, 6) is -0.817. The Bertz CT molecular complexity index is 718. The second kappa shape index (κ2) is 18.0. The summed E-state index contributed by atoms with van der Waals surface area (Å²) in [5, 5.41) is 5.68. The predicted octanol–water partition coefficient (Wildman–Crippen LogP) is 5.63. The lowest BCUT2D eigenvalue weighted by Gasteiger charge is -2.21. The molecule has 2 atom stereocenters. The minimum Gasteiger partial charge on any atom is -0.368 e. The van der Waals surface area contributed by atoms with Gasteiger partial charge >= 0.3 is 0 Å². The summed E-state index contributed by atoms with van der Waals surface area (Å²) in [7, 11) is 0. The Kier molecular flexibility index (Phi) is 15.7. The largest absolute Gasteiger partial charge is 0.368 e. The molecular weight excluding hydrogens is 426 g/mol. The molecule has 1 aromatic carbocycles. The number of nitrogens with one attached hydrogen (secondary N) is 2. The Morgan fingerprint density at radius 2 is 1.35 bits per heavy atom. The Balaban J connectivity index is 2.21. The molecule has 0 saturated carbocycles. The topological polar surface area (TPSA) is 101 Å². The third kappa shape index (κ3) is 12.8. The number of hydrogen-bond acceptors (Lipinski definition) is 3. The molecule has 6 nitrogen and oxygen atoms in total. The molecule has 34 heavy (non-hydrogen) atoms. The van der Waals surface area contributed by atoms with E-state index >= 15 is 0 Å². The van der Waals surface area contributed by atoms with Crippen LogP contribution in [-0.4, -0.2) is 23.8 Å². The van der Waals surface area contributed by atoms with Crippen molar-refractivity contribution in [2.45, 2.75) is 117 Å². The van der Waals surface area contributed by atoms with Crippen LogP contribution in [0, 0.1) is 5.92 Å². The molecular formula is C28H47N3O3. The highest BCUT2D eigenvalue weighted by Crippen LogP contribution is 2.12. The summed E-state index contributed by atoms with van der Waals surface area (Å²) in [6.07, 6.45) is 15.2. The van der Waals surface area contributed by atoms with E-state index in [0.717, 1.165) is 24.8 Å². The molecule has 0 aromatic heterocycles. The number of nitrogens with two attached hydrogens (primary N) is 1. The second-order valence-electron chi connectivity index (χ2n) is 9.50. The highest BCUT2D eigenvalue weighted by atomic mass is 16.2. The summed E-state index contributed by atoms with van der Waals surface area (Å²) in [6.45, 7) is 6.53. The SMILES string of the molecule is CCCCCCCCCCCCCC(=O)NCc1ccc(C(=O)N[C@H](C(N)=O)[C@@H](C)CC)cc1. The van der Waals surface area contributed by atoms with E-state index in [-0.39, 0.29) is 17.7 Å². The van der Waals surface area contributed by atoms with Crippen LogP contribution in [0.1, 0.15) is 120 Å². The van der Waals surface area contributed by atoms with E-state index in [9.17, 15) is 14.4 Å². The standard InChI is InChI=1S/C28H47N3O3/c1-4-6-7-8-9-10-11-12-13-14-15-16-25(32)30-21-23-17-19-24(20-18-23)28(34)31-26(27(29)33)22(3)5-2/h17-20,22,26H,4-16,21H2,1-3H3,(H2,29,33)(H,30,32)(H,31,34)/t22-,26-/m0/s1. The molecule has 0 saturated heterocycles. The van der Waals surface area contributed by atoms with Gasteiger partial charge in [-0.05, 0) is 30.0 Å². The normalized spacial score (nSPS) is 12.7. The third-order valence-electron chi connectivity index (χ3n) is 6.52. The maximum atomic E-state index is 12.5. The summed E-state index contributed by atoms with van der Waals surface area (Å²) in [6, 6.07) is 6.36. The molecule has 0 heterocycles. The van der Waals surface area contributed by atoms with Crippen molar-refractivity contribution in [3.8, 4) is 0 Å². The fourth-order valence-electron chi connectivity index (χ4n) is 3.97. The van der Waals surface area contributed by atoms with Gasteiger partial charge in [0.05, 0.1) is 0 Å². The molecule has 4 N–H and O–H groups in total. The van der Waals surface area contributed by atoms with Crippen molar-refractivity contribution in [2.75, 3.05) is 0 Å². The van der Waals surface area contributed by atoms with Crippen molar-refractivity contribution in [1.82, 2.24) is 10.6 Å². The number of primary amides is 1. The van der Waals surface area contributed by atoms with Gasteiger partial charge in [0.1, 0.15) is 6.04 Å². The summed E-state index contributed by atoms with van der Waals surface area (Å²) < 4.78 is 0. The van der Waals surface area contributed by atoms with Gasteiger partial charge in [-0.25, -0.2) is 0 Å². The smallest absolute Gasteiger partial charge is 0.251 e. The molecule has 6 heteroatoms. The number of carbonyl (C=O) groups excluding carboxylic acids is 3. The molecule has 1 aromatic rings. The molecule has 0 aliphatic rings. The Labute approximate surface area is 206 Å². The average molecular weight is 474 g/mol. The maximum absolute atomic E-state index is 12.5. The first-order valence-electron chi connectivity index (χ1n) is 13.3. The Hall–Kier alpha value is -2.37. The van der Waals surface area contributed by atoms with Crippen LogP contribution < -0.4 is 16.4 Å². The molecule has 0 radical (unpaired) electrons. The monoisotopic (exact) mass is 473 g/mol. The zero-order valence-electron chi connectivity index (χ0n) is 21.7. The minimum absolute atomic E-state index is 0.0312. The number of rotatable bonds is 19. The zero-order valence-corrected chi connectivity index (χ0v) is 21.7. The van der Waals surface area contributed by atoms with E-state index in [2.05, 4.69) is 17.6 Å². The van der Waals surface area contributed by atoms with E-state index in [1.165, 1.54) is 57.8 Å². The molecule has 192 valence electrons. The van der Waals surface area contributed by atoms with Gasteiger partial charge in [0.25, 0.3) is 5.91 Å². The van der Waals surface area contributed by atoms with Crippen LogP contribution in [0.5, 0.6) is 0 Å². The number of carbonyl (C=O) groups is 3. The van der Waals surface area contributed by atoms with Gasteiger partial charge in [0, 0.05) is 18.5 Å². The Morgan fingerprint density at radius 1 is 0.824 bits per heavy atom. The van der Waals surface area contributed by atoms with Gasteiger partial charge in [-0.3, -0.25) is 14.4 Å². The van der Waals surface area contributed by atoms with Crippen molar-refractivity contribution in [3.63, 3.8) is 0 Å². The number of amides is 3. The van der Waals surface area contributed by atoms with Crippen LogP contribution in [0.2, 0.25) is 0 Å². The van der Waals surface area contributed by atoms with Gasteiger partial charge in [-0.2, -0.15) is 0 Å². The average Bonchev–Trinajstić information content (AvgIpc) is 2.84. The molecule has 1 rings (SSSR count). The van der Waals surface area contributed by atoms with E-state index < -0.39 is 11.9 Å². The lowest BCUT2D eigenvalue weighted by molar-refractivity contribution is -0.122. The van der Waals surface area contributed by atoms with E-state index in [1.807, 2.05) is 26.0 Å². The quantitative estimate of drug-likeness (QED) is 0.227. The van der Waals surface area contributed by atoms with Crippen molar-refractivity contribution >= 4 is 17.7 Å². The fourth-order valence-corrected chi connectivity index (χ4v) is 3.97. The molecule has 0 bridgehead atoms. The first-order chi connectivity index (χ1) is 16.4. The summed E-state index contributed by atoms with van der Waals surface area (Å²) >= 11 is 0. The summed E-state index contributed by atoms with van der Waals surface area (Å²) in [4.78, 5) is 36.2. The minimum atomic E-state index is -0.688. The third-order valence-corrected chi connectivity index (χ3v) is 6.52. The zero-order chi connectivity index (χ0) is 25.2. The van der Waals surface area contributed by atoms with E-state index in [4.69, 9.17) is 5.73 Å². The number of hydrogen-bond donors (Lipinski definition) is 3. The molecule has 0 fully saturated rings. The first kappa shape index (κ1) is 29.7. The maximum Gasteiger partial charge on any atom is 0.251 e. The lowest BCUT2D eigenvalue weighted by atomic mass is 9.98. The molecule has 0 unspecified atom stereocenters. The highest BCUT2D eigenvalue weighted by Gasteiger charge is 2.24. The van der Waals surface area contributed by atoms with Gasteiger partial charge < -0.3 is 16.4 Å². The van der Waals surface area contributed by atoms with Crippen molar-refractivity contribution < 1.29 is 14.4 Å². The van der Waals surface area contributed by atoms with Gasteiger partial charge in [-0.15, -0.1) is 0 Å². The van der Waals surface area contributed by atoms with Crippen LogP contribution in [0.4, 0.5) is 0 Å². The second-order valence-corrected chi connectivity index (χ2v) is 9.50. The molecule has 0 spiro atoms. The summed E-state index contributed by atoms with van der Waals surface area (Å²) in [5.41, 5.74) is 6.82. The van der Waals surface area contributed by atoms with Crippen molar-refractivity contribution in [3.05, 3.63) is 35.4 Å². The van der Waals surface area contributed by atoms with Crippen LogP contribution in [0.25, 0.3) is 0 Å². The number of benzene rings is 1. The highest BCUT2D eigenvalue weighted by molar-refractivity contribution is 5.97. The predicted molar refractivity (Wildman–Crippen MR) is 139 cm³/mol. The fraction of sp³-hybridized carbons (Fsp3) is 0.679. The van der Waals surface area contributed by atoms with Crippen molar-refractivity contribution in [1.29, 1.82) is 0 Å². The van der Waals surface area contributed by atoms with Crippen LogP contribution >= 0.6 is 0 Å².